The number of anilines is 1. The molecule has 3 rings (SSSR count). The second kappa shape index (κ2) is 6.00. The van der Waals surface area contributed by atoms with Crippen LogP contribution in [-0.4, -0.2) is 50.1 Å². The molecule has 6 nitrogen and oxygen atoms in total. The first-order chi connectivity index (χ1) is 11.3. The van der Waals surface area contributed by atoms with Gasteiger partial charge in [-0.1, -0.05) is 0 Å². The molecule has 0 N–H and O–H groups in total. The summed E-state index contributed by atoms with van der Waals surface area (Å²) in [5.41, 5.74) is 2.33. The fourth-order valence-electron chi connectivity index (χ4n) is 3.09. The largest absolute Gasteiger partial charge is 0.367 e. The zero-order valence-corrected chi connectivity index (χ0v) is 14.3. The van der Waals surface area contributed by atoms with Crippen LogP contribution in [0.15, 0.2) is 18.3 Å². The number of pyridine rings is 1. The molecule has 0 atom stereocenters. The highest BCUT2D eigenvalue weighted by Gasteiger charge is 2.26. The smallest absolute Gasteiger partial charge is 0.211 e. The maximum absolute atomic E-state index is 13.9. The molecule has 2 heterocycles. The van der Waals surface area contributed by atoms with Crippen LogP contribution >= 0.6 is 0 Å². The molecule has 1 aliphatic heterocycles. The van der Waals surface area contributed by atoms with E-state index in [9.17, 15) is 18.1 Å². The van der Waals surface area contributed by atoms with Crippen LogP contribution in [0.4, 0.5) is 10.1 Å². The summed E-state index contributed by atoms with van der Waals surface area (Å²) < 4.78 is 38.6. The Hall–Kier alpha value is -2.24. The van der Waals surface area contributed by atoms with Crippen LogP contribution in [-0.2, 0) is 10.0 Å². The third-order valence-electron chi connectivity index (χ3n) is 4.24. The van der Waals surface area contributed by atoms with Crippen molar-refractivity contribution in [2.45, 2.75) is 6.92 Å². The van der Waals surface area contributed by atoms with E-state index in [0.717, 1.165) is 0 Å². The van der Waals surface area contributed by atoms with Crippen molar-refractivity contribution in [1.82, 2.24) is 9.29 Å². The average Bonchev–Trinajstić information content (AvgIpc) is 2.53. The van der Waals surface area contributed by atoms with E-state index in [1.54, 1.807) is 6.92 Å². The second-order valence-corrected chi connectivity index (χ2v) is 7.88. The van der Waals surface area contributed by atoms with Gasteiger partial charge in [-0.3, -0.25) is 4.98 Å². The van der Waals surface area contributed by atoms with Gasteiger partial charge in [0.2, 0.25) is 10.0 Å². The molecular formula is C16H17FN4O2S. The molecule has 2 aromatic rings. The van der Waals surface area contributed by atoms with Crippen molar-refractivity contribution in [3.05, 3.63) is 35.3 Å². The summed E-state index contributed by atoms with van der Waals surface area (Å²) in [4.78, 5) is 6.21. The molecule has 0 saturated carbocycles. The molecule has 126 valence electrons. The van der Waals surface area contributed by atoms with Gasteiger partial charge in [-0.2, -0.15) is 9.57 Å². The molecule has 1 fully saturated rings. The van der Waals surface area contributed by atoms with Crippen LogP contribution in [0.2, 0.25) is 0 Å². The van der Waals surface area contributed by atoms with Crippen LogP contribution in [0.25, 0.3) is 10.9 Å². The van der Waals surface area contributed by atoms with Gasteiger partial charge in [0.15, 0.2) is 0 Å². The number of sulfonamides is 1. The van der Waals surface area contributed by atoms with E-state index in [1.165, 1.54) is 28.9 Å². The predicted octanol–water partition coefficient (Wildman–Crippen LogP) is 1.64. The first-order valence-electron chi connectivity index (χ1n) is 7.50. The minimum atomic E-state index is -3.23. The van der Waals surface area contributed by atoms with Gasteiger partial charge in [-0.25, -0.2) is 12.8 Å². The Morgan fingerprint density at radius 1 is 1.25 bits per heavy atom. The van der Waals surface area contributed by atoms with Crippen LogP contribution < -0.4 is 4.90 Å². The Bertz CT molecular complexity index is 945. The molecule has 0 spiro atoms. The number of hydrogen-bond acceptors (Lipinski definition) is 5. The van der Waals surface area contributed by atoms with E-state index in [2.05, 4.69) is 11.1 Å². The topological polar surface area (TPSA) is 77.3 Å². The molecule has 0 unspecified atom stereocenters. The minimum Gasteiger partial charge on any atom is -0.367 e. The lowest BCUT2D eigenvalue weighted by Gasteiger charge is -2.35. The van der Waals surface area contributed by atoms with E-state index >= 15 is 0 Å². The molecule has 1 aliphatic rings. The van der Waals surface area contributed by atoms with E-state index in [4.69, 9.17) is 0 Å². The Balaban J connectivity index is 2.08. The number of aryl methyl sites for hydroxylation is 1. The quantitative estimate of drug-likeness (QED) is 0.824. The summed E-state index contributed by atoms with van der Waals surface area (Å²) in [6.07, 6.45) is 2.68. The van der Waals surface area contributed by atoms with Crippen molar-refractivity contribution < 1.29 is 12.8 Å². The van der Waals surface area contributed by atoms with Gasteiger partial charge in [0.25, 0.3) is 0 Å². The highest BCUT2D eigenvalue weighted by atomic mass is 32.2. The van der Waals surface area contributed by atoms with Crippen molar-refractivity contribution in [1.29, 1.82) is 5.26 Å². The molecular weight excluding hydrogens is 331 g/mol. The summed E-state index contributed by atoms with van der Waals surface area (Å²) in [6.45, 7) is 3.33. The van der Waals surface area contributed by atoms with Gasteiger partial charge in [0.1, 0.15) is 11.9 Å². The maximum Gasteiger partial charge on any atom is 0.211 e. The normalized spacial score (nSPS) is 16.3. The minimum absolute atomic E-state index is 0.335. The third kappa shape index (κ3) is 2.92. The third-order valence-corrected chi connectivity index (χ3v) is 5.55. The number of benzene rings is 1. The van der Waals surface area contributed by atoms with Crippen molar-refractivity contribution in [2.24, 2.45) is 0 Å². The molecule has 1 saturated heterocycles. The van der Waals surface area contributed by atoms with Crippen molar-refractivity contribution in [3.8, 4) is 6.07 Å². The Morgan fingerprint density at radius 3 is 2.50 bits per heavy atom. The highest BCUT2D eigenvalue weighted by molar-refractivity contribution is 7.88. The lowest BCUT2D eigenvalue weighted by Crippen LogP contribution is -2.48. The van der Waals surface area contributed by atoms with Crippen LogP contribution in [0.1, 0.15) is 11.1 Å². The molecule has 0 aliphatic carbocycles. The Labute approximate surface area is 140 Å². The standard InChI is InChI=1S/C16H17FN4O2S/c1-11-7-13(17)8-14-15(11)19-10-12(9-18)16(14)20-3-5-21(6-4-20)24(2,22)23/h7-8,10H,3-6H2,1-2H3. The number of rotatable bonds is 2. The number of nitrogens with zero attached hydrogens (tertiary/aromatic N) is 4. The van der Waals surface area contributed by atoms with Crippen LogP contribution in [0.5, 0.6) is 0 Å². The second-order valence-electron chi connectivity index (χ2n) is 5.90. The Morgan fingerprint density at radius 2 is 1.92 bits per heavy atom. The van der Waals surface area contributed by atoms with Crippen molar-refractivity contribution in [3.63, 3.8) is 0 Å². The zero-order valence-electron chi connectivity index (χ0n) is 13.5. The number of fused-ring (bicyclic) bond motifs is 1. The van der Waals surface area contributed by atoms with E-state index in [0.29, 0.717) is 53.9 Å². The zero-order chi connectivity index (χ0) is 17.5. The number of hydrogen-bond donors (Lipinski definition) is 0. The average molecular weight is 348 g/mol. The van der Waals surface area contributed by atoms with Gasteiger partial charge in [-0.05, 0) is 24.6 Å². The lowest BCUT2D eigenvalue weighted by atomic mass is 10.0. The number of aromatic nitrogens is 1. The first kappa shape index (κ1) is 16.6. The number of piperazine rings is 1. The van der Waals surface area contributed by atoms with E-state index in [1.807, 2.05) is 4.90 Å². The summed E-state index contributed by atoms with van der Waals surface area (Å²) in [7, 11) is -3.23. The fraction of sp³-hybridized carbons (Fsp3) is 0.375. The van der Waals surface area contributed by atoms with Gasteiger partial charge in [0, 0.05) is 37.8 Å². The van der Waals surface area contributed by atoms with Crippen LogP contribution in [0.3, 0.4) is 0 Å². The maximum atomic E-state index is 13.9. The van der Waals surface area contributed by atoms with E-state index in [-0.39, 0.29) is 5.82 Å². The molecule has 1 aromatic heterocycles. The van der Waals surface area contributed by atoms with Gasteiger partial charge in [-0.15, -0.1) is 0 Å². The van der Waals surface area contributed by atoms with Gasteiger partial charge < -0.3 is 4.90 Å². The molecule has 0 radical (unpaired) electrons. The fourth-order valence-corrected chi connectivity index (χ4v) is 3.92. The van der Waals surface area contributed by atoms with Crippen molar-refractivity contribution >= 4 is 26.6 Å². The number of halogens is 1. The summed E-state index contributed by atoms with van der Waals surface area (Å²) >= 11 is 0. The summed E-state index contributed by atoms with van der Waals surface area (Å²) in [6, 6.07) is 4.90. The summed E-state index contributed by atoms with van der Waals surface area (Å²) in [5, 5.41) is 9.99. The molecule has 0 amide bonds. The highest BCUT2D eigenvalue weighted by Crippen LogP contribution is 2.32. The molecule has 8 heteroatoms. The van der Waals surface area contributed by atoms with Crippen molar-refractivity contribution in [2.75, 3.05) is 37.3 Å². The monoisotopic (exact) mass is 348 g/mol. The van der Waals surface area contributed by atoms with E-state index < -0.39 is 10.0 Å². The predicted molar refractivity (Wildman–Crippen MR) is 89.8 cm³/mol. The van der Waals surface area contributed by atoms with Crippen LogP contribution in [0, 0.1) is 24.1 Å². The molecule has 0 bridgehead atoms. The lowest BCUT2D eigenvalue weighted by molar-refractivity contribution is 0.388. The molecule has 1 aromatic carbocycles. The van der Waals surface area contributed by atoms with Gasteiger partial charge in [0.05, 0.1) is 23.0 Å². The Kier molecular flexibility index (Phi) is 4.15. The SMILES string of the molecule is Cc1cc(F)cc2c(N3CCN(S(C)(=O)=O)CC3)c(C#N)cnc12. The van der Waals surface area contributed by atoms with Gasteiger partial charge >= 0.3 is 0 Å². The number of nitriles is 1. The first-order valence-corrected chi connectivity index (χ1v) is 9.35. The summed E-state index contributed by atoms with van der Waals surface area (Å²) in [5.74, 6) is -0.382. The molecule has 24 heavy (non-hydrogen) atoms.